The molecule has 0 spiro atoms. The highest BCUT2D eigenvalue weighted by molar-refractivity contribution is 5.01. The van der Waals surface area contributed by atoms with Gasteiger partial charge in [-0.25, -0.2) is 0 Å². The molecular weight excluding hydrogens is 212 g/mol. The van der Waals surface area contributed by atoms with Gasteiger partial charge in [-0.15, -0.1) is 0 Å². The molecule has 0 bridgehead atoms. The van der Waals surface area contributed by atoms with Crippen LogP contribution in [-0.4, -0.2) is 44.6 Å². The highest BCUT2D eigenvalue weighted by Crippen LogP contribution is 2.29. The molecule has 2 aliphatic rings. The van der Waals surface area contributed by atoms with Gasteiger partial charge in [-0.3, -0.25) is 0 Å². The minimum Gasteiger partial charge on any atom is -0.492 e. The third-order valence-electron chi connectivity index (χ3n) is 2.60. The Labute approximate surface area is 95.3 Å². The van der Waals surface area contributed by atoms with Crippen LogP contribution in [0.15, 0.2) is 12.3 Å². The molecule has 0 aromatic rings. The third kappa shape index (κ3) is 2.55. The molecule has 0 unspecified atom stereocenters. The van der Waals surface area contributed by atoms with Gasteiger partial charge < -0.3 is 23.7 Å². The molecule has 0 aromatic carbocycles. The SMILES string of the molecule is COCO[C@H]1C=CO[C@H]1[C@H]1COC(C)(C)O1. The second-order valence-corrected chi connectivity index (χ2v) is 4.33. The number of hydrogen-bond donors (Lipinski definition) is 0. The van der Waals surface area contributed by atoms with Crippen LogP contribution in [0.3, 0.4) is 0 Å². The first-order chi connectivity index (χ1) is 7.62. The van der Waals surface area contributed by atoms with Gasteiger partial charge in [-0.05, 0) is 19.9 Å². The molecule has 0 N–H and O–H groups in total. The molecule has 2 heterocycles. The first-order valence-corrected chi connectivity index (χ1v) is 5.37. The highest BCUT2D eigenvalue weighted by Gasteiger charge is 2.42. The molecule has 92 valence electrons. The molecule has 3 atom stereocenters. The van der Waals surface area contributed by atoms with Crippen molar-refractivity contribution in [2.24, 2.45) is 0 Å². The van der Waals surface area contributed by atoms with Crippen molar-refractivity contribution in [3.05, 3.63) is 12.3 Å². The zero-order chi connectivity index (χ0) is 11.6. The lowest BCUT2D eigenvalue weighted by atomic mass is 10.1. The fraction of sp³-hybridized carbons (Fsp3) is 0.818. The molecule has 16 heavy (non-hydrogen) atoms. The molecule has 2 rings (SSSR count). The standard InChI is InChI=1S/C11H18O5/c1-11(2)15-6-9(16-11)10-8(4-5-13-10)14-7-12-3/h4-5,8-10H,6-7H2,1-3H3/t8-,9+,10+/m0/s1. The van der Waals surface area contributed by atoms with E-state index in [0.29, 0.717) is 6.61 Å². The second-order valence-electron chi connectivity index (χ2n) is 4.33. The van der Waals surface area contributed by atoms with Crippen molar-refractivity contribution in [2.45, 2.75) is 37.9 Å². The van der Waals surface area contributed by atoms with Gasteiger partial charge in [0.1, 0.15) is 19.0 Å². The minimum atomic E-state index is -0.539. The monoisotopic (exact) mass is 230 g/mol. The van der Waals surface area contributed by atoms with Gasteiger partial charge >= 0.3 is 0 Å². The Hall–Kier alpha value is -0.620. The van der Waals surface area contributed by atoms with E-state index in [-0.39, 0.29) is 25.1 Å². The van der Waals surface area contributed by atoms with Crippen molar-refractivity contribution in [2.75, 3.05) is 20.5 Å². The summed E-state index contributed by atoms with van der Waals surface area (Å²) in [5.74, 6) is -0.539. The van der Waals surface area contributed by atoms with Gasteiger partial charge in [-0.2, -0.15) is 0 Å². The van der Waals surface area contributed by atoms with Crippen LogP contribution in [0.1, 0.15) is 13.8 Å². The van der Waals surface area contributed by atoms with Crippen LogP contribution in [-0.2, 0) is 23.7 Å². The molecule has 0 amide bonds. The van der Waals surface area contributed by atoms with Gasteiger partial charge in [0.15, 0.2) is 11.9 Å². The number of hydrogen-bond acceptors (Lipinski definition) is 5. The van der Waals surface area contributed by atoms with E-state index >= 15 is 0 Å². The zero-order valence-electron chi connectivity index (χ0n) is 9.84. The summed E-state index contributed by atoms with van der Waals surface area (Å²) in [4.78, 5) is 0. The lowest BCUT2D eigenvalue weighted by molar-refractivity contribution is -0.164. The number of methoxy groups -OCH3 is 1. The molecule has 0 saturated carbocycles. The average molecular weight is 230 g/mol. The molecule has 2 aliphatic heterocycles. The lowest BCUT2D eigenvalue weighted by Gasteiger charge is -2.24. The third-order valence-corrected chi connectivity index (χ3v) is 2.60. The zero-order valence-corrected chi connectivity index (χ0v) is 9.84. The number of rotatable bonds is 4. The summed E-state index contributed by atoms with van der Waals surface area (Å²) in [5, 5.41) is 0. The molecule has 0 radical (unpaired) electrons. The molecule has 5 nitrogen and oxygen atoms in total. The first-order valence-electron chi connectivity index (χ1n) is 5.37. The van der Waals surface area contributed by atoms with Crippen molar-refractivity contribution in [3.63, 3.8) is 0 Å². The Bertz CT molecular complexity index is 263. The molecule has 0 aromatic heterocycles. The van der Waals surface area contributed by atoms with Crippen molar-refractivity contribution in [3.8, 4) is 0 Å². The maximum absolute atomic E-state index is 5.73. The van der Waals surface area contributed by atoms with Crippen LogP contribution >= 0.6 is 0 Å². The van der Waals surface area contributed by atoms with Crippen molar-refractivity contribution in [1.82, 2.24) is 0 Å². The van der Waals surface area contributed by atoms with E-state index < -0.39 is 5.79 Å². The summed E-state index contributed by atoms with van der Waals surface area (Å²) < 4.78 is 27.1. The Balaban J connectivity index is 1.89. The van der Waals surface area contributed by atoms with Crippen molar-refractivity contribution in [1.29, 1.82) is 0 Å². The fourth-order valence-electron chi connectivity index (χ4n) is 1.87. The Kier molecular flexibility index (Phi) is 3.49. The quantitative estimate of drug-likeness (QED) is 0.675. The molecule has 5 heteroatoms. The van der Waals surface area contributed by atoms with E-state index in [9.17, 15) is 0 Å². The van der Waals surface area contributed by atoms with Crippen LogP contribution in [0.25, 0.3) is 0 Å². The molecular formula is C11H18O5. The summed E-state index contributed by atoms with van der Waals surface area (Å²) >= 11 is 0. The van der Waals surface area contributed by atoms with Crippen LogP contribution in [0, 0.1) is 0 Å². The van der Waals surface area contributed by atoms with Crippen LogP contribution in [0.2, 0.25) is 0 Å². The Morgan fingerprint density at radius 3 is 2.88 bits per heavy atom. The van der Waals surface area contributed by atoms with Crippen molar-refractivity contribution < 1.29 is 23.7 Å². The van der Waals surface area contributed by atoms with Gasteiger partial charge in [0.25, 0.3) is 0 Å². The Morgan fingerprint density at radius 1 is 1.44 bits per heavy atom. The maximum Gasteiger partial charge on any atom is 0.163 e. The summed E-state index contributed by atoms with van der Waals surface area (Å²) in [7, 11) is 1.59. The minimum absolute atomic E-state index is 0.105. The van der Waals surface area contributed by atoms with E-state index in [1.54, 1.807) is 13.4 Å². The molecule has 1 fully saturated rings. The van der Waals surface area contributed by atoms with Crippen LogP contribution < -0.4 is 0 Å². The van der Waals surface area contributed by atoms with Gasteiger partial charge in [0, 0.05) is 7.11 Å². The predicted octanol–water partition coefficient (Wildman–Crippen LogP) is 1.04. The lowest BCUT2D eigenvalue weighted by Crippen LogP contribution is -2.39. The van der Waals surface area contributed by atoms with E-state index in [1.807, 2.05) is 19.9 Å². The first kappa shape index (κ1) is 11.9. The maximum atomic E-state index is 5.73. The van der Waals surface area contributed by atoms with E-state index in [2.05, 4.69) is 0 Å². The summed E-state index contributed by atoms with van der Waals surface area (Å²) in [6, 6.07) is 0. The van der Waals surface area contributed by atoms with E-state index in [4.69, 9.17) is 23.7 Å². The Morgan fingerprint density at radius 2 is 2.25 bits per heavy atom. The van der Waals surface area contributed by atoms with E-state index in [0.717, 1.165) is 0 Å². The van der Waals surface area contributed by atoms with Crippen LogP contribution in [0.4, 0.5) is 0 Å². The van der Waals surface area contributed by atoms with Gasteiger partial charge in [0.2, 0.25) is 0 Å². The fourth-order valence-corrected chi connectivity index (χ4v) is 1.87. The smallest absolute Gasteiger partial charge is 0.163 e. The summed E-state index contributed by atoms with van der Waals surface area (Å²) in [5.41, 5.74) is 0. The second kappa shape index (κ2) is 4.71. The van der Waals surface area contributed by atoms with Crippen molar-refractivity contribution >= 4 is 0 Å². The largest absolute Gasteiger partial charge is 0.492 e. The molecule has 1 saturated heterocycles. The highest BCUT2D eigenvalue weighted by atomic mass is 16.8. The van der Waals surface area contributed by atoms with Gasteiger partial charge in [0.05, 0.1) is 12.9 Å². The average Bonchev–Trinajstić information content (AvgIpc) is 2.81. The summed E-state index contributed by atoms with van der Waals surface area (Å²) in [6.07, 6.45) is 3.10. The molecule has 0 aliphatic carbocycles. The normalized spacial score (nSPS) is 36.6. The topological polar surface area (TPSA) is 46.2 Å². The number of ether oxygens (including phenoxy) is 5. The predicted molar refractivity (Wildman–Crippen MR) is 55.7 cm³/mol. The van der Waals surface area contributed by atoms with Gasteiger partial charge in [-0.1, -0.05) is 0 Å². The summed E-state index contributed by atoms with van der Waals surface area (Å²) in [6.45, 7) is 4.54. The van der Waals surface area contributed by atoms with Crippen LogP contribution in [0.5, 0.6) is 0 Å². The van der Waals surface area contributed by atoms with E-state index in [1.165, 1.54) is 0 Å².